The highest BCUT2D eigenvalue weighted by molar-refractivity contribution is 6.28. The topological polar surface area (TPSA) is 45.8 Å². The first-order valence-corrected chi connectivity index (χ1v) is 4.31. The molecule has 0 aliphatic heterocycles. The van der Waals surface area contributed by atoms with Crippen molar-refractivity contribution in [3.8, 4) is 0 Å². The molecule has 0 saturated carbocycles. The Kier molecular flexibility index (Phi) is 2.00. The van der Waals surface area contributed by atoms with Crippen molar-refractivity contribution >= 4 is 22.5 Å². The second kappa shape index (κ2) is 3.06. The molecule has 0 aliphatic carbocycles. The first-order chi connectivity index (χ1) is 6.58. The molecule has 0 aliphatic rings. The minimum atomic E-state index is -0.454. The summed E-state index contributed by atoms with van der Waals surface area (Å²) < 4.78 is 13.0. The van der Waals surface area contributed by atoms with E-state index in [1.807, 2.05) is 0 Å². The molecule has 0 bridgehead atoms. The predicted octanol–water partition coefficient (Wildman–Crippen LogP) is 2.02. The van der Waals surface area contributed by atoms with Gasteiger partial charge in [-0.25, -0.2) is 9.37 Å². The van der Waals surface area contributed by atoms with Crippen LogP contribution in [-0.2, 0) is 0 Å². The summed E-state index contributed by atoms with van der Waals surface area (Å²) in [5, 5.41) is 0.226. The highest BCUT2D eigenvalue weighted by Gasteiger charge is 2.06. The van der Waals surface area contributed by atoms with Gasteiger partial charge in [0.25, 0.3) is 5.56 Å². The Bertz CT molecular complexity index is 564. The van der Waals surface area contributed by atoms with Crippen molar-refractivity contribution in [3.63, 3.8) is 0 Å². The molecule has 2 aromatic rings. The highest BCUT2D eigenvalue weighted by Crippen LogP contribution is 2.15. The number of benzene rings is 1. The Labute approximate surface area is 83.5 Å². The molecule has 1 heterocycles. The second-order valence-electron chi connectivity index (χ2n) is 2.98. The number of nitrogens with zero attached hydrogens (tertiary/aromatic N) is 1. The van der Waals surface area contributed by atoms with E-state index in [9.17, 15) is 9.18 Å². The molecule has 3 nitrogen and oxygen atoms in total. The number of hydrogen-bond acceptors (Lipinski definition) is 2. The van der Waals surface area contributed by atoms with E-state index >= 15 is 0 Å². The fraction of sp³-hybridized carbons (Fsp3) is 0.111. The van der Waals surface area contributed by atoms with Crippen LogP contribution < -0.4 is 5.56 Å². The predicted molar refractivity (Wildman–Crippen MR) is 52.1 cm³/mol. The first kappa shape index (κ1) is 9.15. The molecule has 1 aromatic heterocycles. The van der Waals surface area contributed by atoms with E-state index in [2.05, 4.69) is 9.97 Å². The number of nitrogens with one attached hydrogen (secondary N) is 1. The Balaban J connectivity index is 3.02. The lowest BCUT2D eigenvalue weighted by molar-refractivity contribution is 0.628. The zero-order valence-corrected chi connectivity index (χ0v) is 8.02. The van der Waals surface area contributed by atoms with E-state index in [1.54, 1.807) is 6.92 Å². The van der Waals surface area contributed by atoms with Crippen molar-refractivity contribution in [3.05, 3.63) is 39.2 Å². The molecule has 0 saturated heterocycles. The van der Waals surface area contributed by atoms with E-state index in [0.717, 1.165) is 6.07 Å². The Morgan fingerprint density at radius 2 is 2.21 bits per heavy atom. The van der Waals surface area contributed by atoms with Crippen LogP contribution in [0.2, 0.25) is 5.28 Å². The van der Waals surface area contributed by atoms with Crippen LogP contribution in [0.1, 0.15) is 5.56 Å². The molecule has 0 amide bonds. The van der Waals surface area contributed by atoms with Crippen molar-refractivity contribution in [2.75, 3.05) is 0 Å². The van der Waals surface area contributed by atoms with Crippen LogP contribution in [0.25, 0.3) is 10.9 Å². The molecule has 2 rings (SSSR count). The summed E-state index contributed by atoms with van der Waals surface area (Å²) in [5.74, 6) is -0.454. The largest absolute Gasteiger partial charge is 0.297 e. The third-order valence-electron chi connectivity index (χ3n) is 1.94. The molecule has 1 N–H and O–H groups in total. The minimum absolute atomic E-state index is 0.0113. The summed E-state index contributed by atoms with van der Waals surface area (Å²) in [4.78, 5) is 17.6. The molecule has 0 unspecified atom stereocenters. The number of hydrogen-bond donors (Lipinski definition) is 1. The maximum atomic E-state index is 13.0. The number of rotatable bonds is 0. The lowest BCUT2D eigenvalue weighted by Crippen LogP contribution is -2.08. The van der Waals surface area contributed by atoms with Gasteiger partial charge in [-0.3, -0.25) is 9.78 Å². The highest BCUT2D eigenvalue weighted by atomic mass is 35.5. The van der Waals surface area contributed by atoms with Crippen molar-refractivity contribution in [1.29, 1.82) is 0 Å². The molecule has 14 heavy (non-hydrogen) atoms. The Morgan fingerprint density at radius 1 is 1.50 bits per heavy atom. The lowest BCUT2D eigenvalue weighted by Gasteiger charge is -2.00. The summed E-state index contributed by atoms with van der Waals surface area (Å²) in [6.45, 7) is 1.67. The van der Waals surface area contributed by atoms with Gasteiger partial charge in [-0.15, -0.1) is 0 Å². The third-order valence-corrected chi connectivity index (χ3v) is 2.12. The van der Waals surface area contributed by atoms with E-state index in [4.69, 9.17) is 11.6 Å². The second-order valence-corrected chi connectivity index (χ2v) is 3.33. The average Bonchev–Trinajstić information content (AvgIpc) is 2.07. The van der Waals surface area contributed by atoms with Gasteiger partial charge >= 0.3 is 0 Å². The van der Waals surface area contributed by atoms with Gasteiger partial charge in [0.05, 0.1) is 10.9 Å². The summed E-state index contributed by atoms with van der Waals surface area (Å²) in [6, 6.07) is 2.45. The first-order valence-electron chi connectivity index (χ1n) is 3.93. The third kappa shape index (κ3) is 1.37. The van der Waals surface area contributed by atoms with Crippen LogP contribution in [0.5, 0.6) is 0 Å². The van der Waals surface area contributed by atoms with E-state index in [-0.39, 0.29) is 10.7 Å². The van der Waals surface area contributed by atoms with Gasteiger partial charge in [-0.2, -0.15) is 0 Å². The van der Waals surface area contributed by atoms with Gasteiger partial charge in [-0.05, 0) is 36.2 Å². The van der Waals surface area contributed by atoms with Gasteiger partial charge in [0.2, 0.25) is 5.28 Å². The summed E-state index contributed by atoms with van der Waals surface area (Å²) in [6.07, 6.45) is 0. The van der Waals surface area contributed by atoms with Crippen LogP contribution in [0, 0.1) is 12.7 Å². The summed E-state index contributed by atoms with van der Waals surface area (Å²) >= 11 is 5.58. The zero-order valence-electron chi connectivity index (χ0n) is 7.27. The molecular weight excluding hydrogens is 207 g/mol. The number of H-pyrrole nitrogens is 1. The Hall–Kier alpha value is -1.42. The molecule has 5 heteroatoms. The molecule has 1 aromatic carbocycles. The van der Waals surface area contributed by atoms with Crippen molar-refractivity contribution in [1.82, 2.24) is 9.97 Å². The molecule has 0 radical (unpaired) electrons. The quantitative estimate of drug-likeness (QED) is 0.679. The minimum Gasteiger partial charge on any atom is -0.297 e. The monoisotopic (exact) mass is 212 g/mol. The molecule has 0 spiro atoms. The summed E-state index contributed by atoms with van der Waals surface area (Å²) in [5.41, 5.74) is 0.593. The van der Waals surface area contributed by atoms with Gasteiger partial charge in [-0.1, -0.05) is 0 Å². The average molecular weight is 213 g/mol. The fourth-order valence-electron chi connectivity index (χ4n) is 1.34. The van der Waals surface area contributed by atoms with Crippen LogP contribution in [0.4, 0.5) is 4.39 Å². The zero-order chi connectivity index (χ0) is 10.3. The number of aromatic amines is 1. The SMILES string of the molecule is Cc1cc(F)cc2c(=O)[nH]c(Cl)nc12. The molecule has 72 valence electrons. The smallest absolute Gasteiger partial charge is 0.259 e. The summed E-state index contributed by atoms with van der Waals surface area (Å²) in [7, 11) is 0. The maximum absolute atomic E-state index is 13.0. The standard InChI is InChI=1S/C9H6ClFN2O/c1-4-2-5(11)3-6-7(4)12-9(10)13-8(6)14/h2-3H,1H3,(H,12,13,14). The van der Waals surface area contributed by atoms with Gasteiger partial charge < -0.3 is 0 Å². The number of halogens is 2. The van der Waals surface area contributed by atoms with Crippen LogP contribution in [0.15, 0.2) is 16.9 Å². The normalized spacial score (nSPS) is 10.8. The van der Waals surface area contributed by atoms with E-state index in [1.165, 1.54) is 6.07 Å². The van der Waals surface area contributed by atoms with Crippen LogP contribution in [-0.4, -0.2) is 9.97 Å². The molecule has 0 atom stereocenters. The van der Waals surface area contributed by atoms with Gasteiger partial charge in [0.1, 0.15) is 5.82 Å². The number of aryl methyl sites for hydroxylation is 1. The van der Waals surface area contributed by atoms with Crippen molar-refractivity contribution in [2.45, 2.75) is 6.92 Å². The number of fused-ring (bicyclic) bond motifs is 1. The molecular formula is C9H6ClFN2O. The van der Waals surface area contributed by atoms with E-state index in [0.29, 0.717) is 11.1 Å². The van der Waals surface area contributed by atoms with Gasteiger partial charge in [0, 0.05) is 0 Å². The van der Waals surface area contributed by atoms with E-state index < -0.39 is 11.4 Å². The van der Waals surface area contributed by atoms with Crippen LogP contribution >= 0.6 is 11.6 Å². The van der Waals surface area contributed by atoms with Gasteiger partial charge in [0.15, 0.2) is 0 Å². The lowest BCUT2D eigenvalue weighted by atomic mass is 10.1. The van der Waals surface area contributed by atoms with Crippen molar-refractivity contribution in [2.24, 2.45) is 0 Å². The Morgan fingerprint density at radius 3 is 2.93 bits per heavy atom. The van der Waals surface area contributed by atoms with Crippen molar-refractivity contribution < 1.29 is 4.39 Å². The van der Waals surface area contributed by atoms with Crippen LogP contribution in [0.3, 0.4) is 0 Å². The molecule has 0 fully saturated rings. The number of aromatic nitrogens is 2. The maximum Gasteiger partial charge on any atom is 0.259 e. The fourth-order valence-corrected chi connectivity index (χ4v) is 1.51.